The second kappa shape index (κ2) is 4.40. The van der Waals surface area contributed by atoms with Gasteiger partial charge in [-0.15, -0.1) is 0 Å². The fraction of sp³-hybridized carbons (Fsp3) is 0.364. The first kappa shape index (κ1) is 10.8. The molecule has 2 N–H and O–H groups in total. The Balaban J connectivity index is 2.28. The van der Waals surface area contributed by atoms with E-state index in [-0.39, 0.29) is 6.04 Å². The molecule has 1 unspecified atom stereocenters. The number of nitrogens with zero attached hydrogens (tertiary/aromatic N) is 3. The van der Waals surface area contributed by atoms with Crippen molar-refractivity contribution in [3.63, 3.8) is 0 Å². The van der Waals surface area contributed by atoms with E-state index in [2.05, 4.69) is 15.1 Å². The Kier molecular flexibility index (Phi) is 2.96. The van der Waals surface area contributed by atoms with E-state index >= 15 is 0 Å². The van der Waals surface area contributed by atoms with Gasteiger partial charge in [0.15, 0.2) is 5.82 Å². The van der Waals surface area contributed by atoms with E-state index in [9.17, 15) is 0 Å². The van der Waals surface area contributed by atoms with Gasteiger partial charge in [0.2, 0.25) is 0 Å². The Morgan fingerprint density at radius 3 is 3.00 bits per heavy atom. The van der Waals surface area contributed by atoms with Crippen LogP contribution in [0.2, 0.25) is 0 Å². The molecule has 0 saturated carbocycles. The van der Waals surface area contributed by atoms with Gasteiger partial charge in [-0.25, -0.2) is 0 Å². The molecule has 2 aromatic heterocycles. The molecule has 0 spiro atoms. The van der Waals surface area contributed by atoms with E-state index in [4.69, 9.17) is 10.3 Å². The van der Waals surface area contributed by atoms with Gasteiger partial charge in [0, 0.05) is 24.4 Å². The van der Waals surface area contributed by atoms with Crippen molar-refractivity contribution < 1.29 is 4.52 Å². The summed E-state index contributed by atoms with van der Waals surface area (Å²) in [4.78, 5) is 8.46. The second-order valence-corrected chi connectivity index (χ2v) is 3.83. The van der Waals surface area contributed by atoms with Crippen LogP contribution in [0.15, 0.2) is 22.9 Å². The summed E-state index contributed by atoms with van der Waals surface area (Å²) in [6, 6.07) is 3.78. The third kappa shape index (κ3) is 2.25. The second-order valence-electron chi connectivity index (χ2n) is 3.83. The highest BCUT2D eigenvalue weighted by atomic mass is 16.5. The molecule has 0 aliphatic heterocycles. The molecule has 2 heterocycles. The topological polar surface area (TPSA) is 77.8 Å². The molecule has 1 atom stereocenters. The summed E-state index contributed by atoms with van der Waals surface area (Å²) in [5.41, 5.74) is 7.41. The van der Waals surface area contributed by atoms with Crippen molar-refractivity contribution in [2.45, 2.75) is 26.3 Å². The van der Waals surface area contributed by atoms with E-state index in [0.717, 1.165) is 11.3 Å². The van der Waals surface area contributed by atoms with Crippen LogP contribution >= 0.6 is 0 Å². The molecule has 0 bridgehead atoms. The largest absolute Gasteiger partial charge is 0.334 e. The molecular formula is C11H14N4O. The van der Waals surface area contributed by atoms with Crippen molar-refractivity contribution in [2.75, 3.05) is 0 Å². The number of hydrogen-bond acceptors (Lipinski definition) is 5. The Morgan fingerprint density at radius 1 is 1.50 bits per heavy atom. The number of rotatable bonds is 3. The Bertz CT molecular complexity index is 478. The lowest BCUT2D eigenvalue weighted by Gasteiger charge is -1.98. The summed E-state index contributed by atoms with van der Waals surface area (Å²) >= 11 is 0. The minimum Gasteiger partial charge on any atom is -0.334 e. The first-order valence-electron chi connectivity index (χ1n) is 5.17. The zero-order valence-electron chi connectivity index (χ0n) is 9.34. The summed E-state index contributed by atoms with van der Waals surface area (Å²) in [7, 11) is 0. The van der Waals surface area contributed by atoms with Gasteiger partial charge in [-0.2, -0.15) is 4.98 Å². The predicted molar refractivity (Wildman–Crippen MR) is 59.6 cm³/mol. The molecule has 0 saturated heterocycles. The summed E-state index contributed by atoms with van der Waals surface area (Å²) < 4.78 is 5.18. The molecule has 2 rings (SSSR count). The highest BCUT2D eigenvalue weighted by molar-refractivity contribution is 5.55. The van der Waals surface area contributed by atoms with Gasteiger partial charge < -0.3 is 10.3 Å². The first-order valence-corrected chi connectivity index (χ1v) is 5.17. The Labute approximate surface area is 93.7 Å². The molecule has 84 valence electrons. The van der Waals surface area contributed by atoms with Crippen LogP contribution in [0.5, 0.6) is 0 Å². The van der Waals surface area contributed by atoms with Crippen LogP contribution in [0.3, 0.4) is 0 Å². The highest BCUT2D eigenvalue weighted by Gasteiger charge is 2.12. The van der Waals surface area contributed by atoms with Crippen LogP contribution in [0, 0.1) is 6.92 Å². The molecule has 0 fully saturated rings. The number of pyridine rings is 1. The van der Waals surface area contributed by atoms with Gasteiger partial charge in [-0.3, -0.25) is 4.98 Å². The maximum Gasteiger partial charge on any atom is 0.259 e. The molecule has 0 amide bonds. The summed E-state index contributed by atoms with van der Waals surface area (Å²) in [6.45, 7) is 3.82. The predicted octanol–water partition coefficient (Wildman–Crippen LogP) is 1.33. The molecule has 5 heteroatoms. The van der Waals surface area contributed by atoms with Gasteiger partial charge in [0.25, 0.3) is 5.89 Å². The molecule has 0 radical (unpaired) electrons. The van der Waals surface area contributed by atoms with Crippen LogP contribution in [0.4, 0.5) is 0 Å². The fourth-order valence-electron chi connectivity index (χ4n) is 1.44. The lowest BCUT2D eigenvalue weighted by atomic mass is 10.2. The van der Waals surface area contributed by atoms with Gasteiger partial charge in [-0.1, -0.05) is 5.16 Å². The zero-order valence-corrected chi connectivity index (χ0v) is 9.34. The lowest BCUT2D eigenvalue weighted by molar-refractivity contribution is 0.420. The van der Waals surface area contributed by atoms with Crippen LogP contribution < -0.4 is 5.73 Å². The van der Waals surface area contributed by atoms with Gasteiger partial charge >= 0.3 is 0 Å². The van der Waals surface area contributed by atoms with Gasteiger partial charge in [0.05, 0.1) is 5.56 Å². The maximum absolute atomic E-state index is 5.67. The average Bonchev–Trinajstić information content (AvgIpc) is 2.66. The van der Waals surface area contributed by atoms with Crippen LogP contribution in [0.25, 0.3) is 11.5 Å². The molecular weight excluding hydrogens is 204 g/mol. The minimum atomic E-state index is 0.0282. The quantitative estimate of drug-likeness (QED) is 0.840. The third-order valence-electron chi connectivity index (χ3n) is 2.21. The van der Waals surface area contributed by atoms with E-state index in [1.54, 1.807) is 6.20 Å². The standard InChI is InChI=1S/C11H14N4O/c1-7(12)6-10-14-11(16-15-10)9-4-3-5-13-8(9)2/h3-5,7H,6,12H2,1-2H3. The lowest BCUT2D eigenvalue weighted by Crippen LogP contribution is -2.18. The number of aromatic nitrogens is 3. The maximum atomic E-state index is 5.67. The van der Waals surface area contributed by atoms with E-state index in [1.807, 2.05) is 26.0 Å². The normalized spacial score (nSPS) is 12.7. The highest BCUT2D eigenvalue weighted by Crippen LogP contribution is 2.19. The van der Waals surface area contributed by atoms with Gasteiger partial charge in [0.1, 0.15) is 0 Å². The SMILES string of the molecule is Cc1ncccc1-c1nc(CC(C)N)no1. The van der Waals surface area contributed by atoms with Crippen molar-refractivity contribution in [3.05, 3.63) is 29.8 Å². The Hall–Kier alpha value is -1.75. The monoisotopic (exact) mass is 218 g/mol. The van der Waals surface area contributed by atoms with Crippen LogP contribution in [-0.2, 0) is 6.42 Å². The average molecular weight is 218 g/mol. The zero-order chi connectivity index (χ0) is 11.5. The number of hydrogen-bond donors (Lipinski definition) is 1. The molecule has 0 aliphatic rings. The number of nitrogens with two attached hydrogens (primary N) is 1. The van der Waals surface area contributed by atoms with Crippen molar-refractivity contribution in [3.8, 4) is 11.5 Å². The van der Waals surface area contributed by atoms with E-state index in [0.29, 0.717) is 18.1 Å². The van der Waals surface area contributed by atoms with Crippen molar-refractivity contribution in [1.82, 2.24) is 15.1 Å². The fourth-order valence-corrected chi connectivity index (χ4v) is 1.44. The van der Waals surface area contributed by atoms with E-state index < -0.39 is 0 Å². The third-order valence-corrected chi connectivity index (χ3v) is 2.21. The molecule has 5 nitrogen and oxygen atoms in total. The van der Waals surface area contributed by atoms with Gasteiger partial charge in [-0.05, 0) is 26.0 Å². The summed E-state index contributed by atoms with van der Waals surface area (Å²) in [5, 5.41) is 3.88. The Morgan fingerprint density at radius 2 is 2.31 bits per heavy atom. The molecule has 16 heavy (non-hydrogen) atoms. The smallest absolute Gasteiger partial charge is 0.259 e. The minimum absolute atomic E-state index is 0.0282. The van der Waals surface area contributed by atoms with Crippen LogP contribution in [0.1, 0.15) is 18.4 Å². The van der Waals surface area contributed by atoms with Crippen molar-refractivity contribution in [1.29, 1.82) is 0 Å². The first-order chi connectivity index (χ1) is 7.66. The van der Waals surface area contributed by atoms with Crippen LogP contribution in [-0.4, -0.2) is 21.2 Å². The van der Waals surface area contributed by atoms with Crippen molar-refractivity contribution >= 4 is 0 Å². The summed E-state index contributed by atoms with van der Waals surface area (Å²) in [6.07, 6.45) is 2.35. The molecule has 0 aliphatic carbocycles. The molecule has 2 aromatic rings. The number of aryl methyl sites for hydroxylation is 1. The van der Waals surface area contributed by atoms with Crippen molar-refractivity contribution in [2.24, 2.45) is 5.73 Å². The molecule has 0 aromatic carbocycles. The van der Waals surface area contributed by atoms with E-state index in [1.165, 1.54) is 0 Å². The summed E-state index contributed by atoms with van der Waals surface area (Å²) in [5.74, 6) is 1.13.